The Kier molecular flexibility index (Phi) is 3.77. The van der Waals surface area contributed by atoms with Crippen molar-refractivity contribution in [1.82, 2.24) is 4.57 Å². The molecule has 1 aliphatic carbocycles. The third kappa shape index (κ3) is 2.50. The van der Waals surface area contributed by atoms with Crippen LogP contribution in [0.25, 0.3) is 21.9 Å². The van der Waals surface area contributed by atoms with Crippen molar-refractivity contribution in [2.75, 3.05) is 7.11 Å². The number of carbonyl (C=O) groups is 2. The molecule has 0 aliphatic heterocycles. The Hall–Kier alpha value is -3.20. The predicted octanol–water partition coefficient (Wildman–Crippen LogP) is 2.76. The third-order valence-electron chi connectivity index (χ3n) is 4.64. The van der Waals surface area contributed by atoms with Crippen LogP contribution >= 0.6 is 0 Å². The highest BCUT2D eigenvalue weighted by Crippen LogP contribution is 2.41. The summed E-state index contributed by atoms with van der Waals surface area (Å²) in [6.07, 6.45) is 2.72. The number of carboxylic acid groups (broad SMARTS) is 2. The molecule has 2 heterocycles. The number of benzene rings is 1. The Labute approximate surface area is 150 Å². The van der Waals surface area contributed by atoms with Gasteiger partial charge >= 0.3 is 11.9 Å². The van der Waals surface area contributed by atoms with Crippen LogP contribution in [-0.4, -0.2) is 33.8 Å². The van der Waals surface area contributed by atoms with Crippen molar-refractivity contribution in [3.05, 3.63) is 45.2 Å². The molecule has 8 nitrogen and oxygen atoms in total. The van der Waals surface area contributed by atoms with Crippen molar-refractivity contribution >= 4 is 33.8 Å². The van der Waals surface area contributed by atoms with E-state index in [0.717, 1.165) is 18.9 Å². The summed E-state index contributed by atoms with van der Waals surface area (Å²) in [6.45, 7) is -0.196. The standard InChI is InChI=1S/C18H14FNO7/c1-26-6-11-13(18(24)25)12-10(19)4-8-14(16(12)27-11)20(7-2-3-7)5-9(15(8)21)17(22)23/h4-5,7H,2-3,6H2,1H3,(H,22,23)(H,24,25). The maximum Gasteiger partial charge on any atom is 0.341 e. The molecule has 0 amide bonds. The van der Waals surface area contributed by atoms with Gasteiger partial charge in [-0.25, -0.2) is 14.0 Å². The fourth-order valence-corrected chi connectivity index (χ4v) is 3.35. The Morgan fingerprint density at radius 3 is 2.59 bits per heavy atom. The van der Waals surface area contributed by atoms with Crippen LogP contribution < -0.4 is 5.43 Å². The summed E-state index contributed by atoms with van der Waals surface area (Å²) in [4.78, 5) is 35.7. The Morgan fingerprint density at radius 1 is 1.33 bits per heavy atom. The summed E-state index contributed by atoms with van der Waals surface area (Å²) in [5, 5.41) is 18.4. The van der Waals surface area contributed by atoms with Gasteiger partial charge in [0.15, 0.2) is 5.58 Å². The number of fused-ring (bicyclic) bond motifs is 3. The van der Waals surface area contributed by atoms with Crippen LogP contribution in [0.5, 0.6) is 0 Å². The molecule has 27 heavy (non-hydrogen) atoms. The SMILES string of the molecule is COCc1oc2c(c(F)cc3c(=O)c(C(=O)O)cn(C4CC4)c32)c1C(=O)O. The minimum atomic E-state index is -1.41. The van der Waals surface area contributed by atoms with Gasteiger partial charge in [0.2, 0.25) is 5.43 Å². The molecule has 0 bridgehead atoms. The molecule has 2 aromatic heterocycles. The van der Waals surface area contributed by atoms with Gasteiger partial charge in [-0.3, -0.25) is 4.79 Å². The minimum absolute atomic E-state index is 0.0656. The van der Waals surface area contributed by atoms with E-state index in [9.17, 15) is 29.0 Å². The summed E-state index contributed by atoms with van der Waals surface area (Å²) in [7, 11) is 1.34. The van der Waals surface area contributed by atoms with Crippen LogP contribution in [0.2, 0.25) is 0 Å². The molecular weight excluding hydrogens is 361 g/mol. The maximum atomic E-state index is 14.8. The summed E-state index contributed by atoms with van der Waals surface area (Å²) in [5.41, 5.74) is -1.61. The molecule has 0 radical (unpaired) electrons. The molecule has 9 heteroatoms. The van der Waals surface area contributed by atoms with Crippen LogP contribution in [0.3, 0.4) is 0 Å². The lowest BCUT2D eigenvalue weighted by Gasteiger charge is -2.12. The van der Waals surface area contributed by atoms with Gasteiger partial charge in [-0.15, -0.1) is 0 Å². The Morgan fingerprint density at radius 2 is 2.04 bits per heavy atom. The molecule has 1 fully saturated rings. The molecule has 2 N–H and O–H groups in total. The first kappa shape index (κ1) is 17.2. The molecule has 0 unspecified atom stereocenters. The molecule has 0 atom stereocenters. The normalized spacial score (nSPS) is 14.1. The zero-order chi connectivity index (χ0) is 19.5. The van der Waals surface area contributed by atoms with Gasteiger partial charge in [0.25, 0.3) is 0 Å². The minimum Gasteiger partial charge on any atom is -0.478 e. The number of carboxylic acids is 2. The van der Waals surface area contributed by atoms with Crippen LogP contribution in [0, 0.1) is 5.82 Å². The quantitative estimate of drug-likeness (QED) is 0.704. The van der Waals surface area contributed by atoms with E-state index in [1.165, 1.54) is 13.3 Å². The molecule has 3 aromatic rings. The van der Waals surface area contributed by atoms with Crippen LogP contribution in [0.1, 0.15) is 45.4 Å². The van der Waals surface area contributed by atoms with Crippen molar-refractivity contribution in [3.8, 4) is 0 Å². The van der Waals surface area contributed by atoms with Crippen LogP contribution in [0.4, 0.5) is 4.39 Å². The Balaban J connectivity index is 2.23. The maximum absolute atomic E-state index is 14.8. The van der Waals surface area contributed by atoms with E-state index in [0.29, 0.717) is 0 Å². The molecule has 0 spiro atoms. The lowest BCUT2D eigenvalue weighted by molar-refractivity contribution is 0.0681. The molecule has 1 saturated carbocycles. The average molecular weight is 375 g/mol. The summed E-state index contributed by atoms with van der Waals surface area (Å²) >= 11 is 0. The van der Waals surface area contributed by atoms with Crippen LogP contribution in [-0.2, 0) is 11.3 Å². The van der Waals surface area contributed by atoms with Crippen molar-refractivity contribution in [2.24, 2.45) is 0 Å². The first-order valence-electron chi connectivity index (χ1n) is 8.13. The van der Waals surface area contributed by atoms with Crippen molar-refractivity contribution in [1.29, 1.82) is 0 Å². The summed E-state index contributed by atoms with van der Waals surface area (Å²) in [5.74, 6) is -3.85. The van der Waals surface area contributed by atoms with Crippen molar-refractivity contribution in [3.63, 3.8) is 0 Å². The first-order valence-corrected chi connectivity index (χ1v) is 8.13. The van der Waals surface area contributed by atoms with Gasteiger partial charge in [0.05, 0.1) is 16.3 Å². The van der Waals surface area contributed by atoms with Gasteiger partial charge in [0, 0.05) is 19.3 Å². The van der Waals surface area contributed by atoms with Crippen LogP contribution in [0.15, 0.2) is 21.5 Å². The Bertz CT molecular complexity index is 1190. The second-order valence-electron chi connectivity index (χ2n) is 6.41. The fourth-order valence-electron chi connectivity index (χ4n) is 3.35. The number of nitrogens with zero attached hydrogens (tertiary/aromatic N) is 1. The number of aromatic carboxylic acids is 2. The molecule has 4 rings (SSSR count). The van der Waals surface area contributed by atoms with Gasteiger partial charge in [-0.1, -0.05) is 0 Å². The number of methoxy groups -OCH3 is 1. The predicted molar refractivity (Wildman–Crippen MR) is 90.8 cm³/mol. The van der Waals surface area contributed by atoms with Gasteiger partial charge in [-0.05, 0) is 18.9 Å². The largest absolute Gasteiger partial charge is 0.478 e. The number of ether oxygens (including phenoxy) is 1. The number of aromatic nitrogens is 1. The highest BCUT2D eigenvalue weighted by molar-refractivity contribution is 6.12. The lowest BCUT2D eigenvalue weighted by atomic mass is 10.0. The zero-order valence-corrected chi connectivity index (χ0v) is 14.1. The van der Waals surface area contributed by atoms with Gasteiger partial charge in [0.1, 0.15) is 29.3 Å². The number of halogens is 1. The molecular formula is C18H14FNO7. The van der Waals surface area contributed by atoms with Crippen molar-refractivity contribution in [2.45, 2.75) is 25.5 Å². The number of hydrogen-bond donors (Lipinski definition) is 2. The van der Waals surface area contributed by atoms with E-state index in [1.807, 2.05) is 0 Å². The van der Waals surface area contributed by atoms with Gasteiger partial charge in [-0.2, -0.15) is 0 Å². The van der Waals surface area contributed by atoms with E-state index < -0.39 is 28.7 Å². The molecule has 140 valence electrons. The second-order valence-corrected chi connectivity index (χ2v) is 6.41. The summed E-state index contributed by atoms with van der Waals surface area (Å²) in [6, 6.07) is 0.813. The molecule has 0 saturated heterocycles. The number of rotatable bonds is 5. The monoisotopic (exact) mass is 375 g/mol. The molecule has 1 aliphatic rings. The third-order valence-corrected chi connectivity index (χ3v) is 4.64. The smallest absolute Gasteiger partial charge is 0.341 e. The van der Waals surface area contributed by atoms with E-state index in [4.69, 9.17) is 9.15 Å². The zero-order valence-electron chi connectivity index (χ0n) is 14.1. The van der Waals surface area contributed by atoms with Crippen molar-refractivity contribution < 1.29 is 33.3 Å². The topological polar surface area (TPSA) is 119 Å². The fraction of sp³-hybridized carbons (Fsp3) is 0.278. The second kappa shape index (κ2) is 5.92. The number of pyridine rings is 1. The average Bonchev–Trinajstić information content (AvgIpc) is 3.36. The van der Waals surface area contributed by atoms with E-state index in [-0.39, 0.29) is 45.8 Å². The molecule has 1 aromatic carbocycles. The lowest BCUT2D eigenvalue weighted by Crippen LogP contribution is -2.19. The van der Waals surface area contributed by atoms with E-state index in [2.05, 4.69) is 0 Å². The number of hydrogen-bond acceptors (Lipinski definition) is 5. The number of furan rings is 1. The summed E-state index contributed by atoms with van der Waals surface area (Å²) < 4.78 is 26.9. The first-order chi connectivity index (χ1) is 12.8. The highest BCUT2D eigenvalue weighted by Gasteiger charge is 2.31. The van der Waals surface area contributed by atoms with E-state index in [1.54, 1.807) is 4.57 Å². The highest BCUT2D eigenvalue weighted by atomic mass is 19.1. The van der Waals surface area contributed by atoms with E-state index >= 15 is 0 Å². The van der Waals surface area contributed by atoms with Gasteiger partial charge < -0.3 is 23.9 Å².